The monoisotopic (exact) mass is 258 g/mol. The van der Waals surface area contributed by atoms with Crippen LogP contribution in [-0.2, 0) is 23.7 Å². The fraction of sp³-hybridized carbons (Fsp3) is 1.00. The Morgan fingerprint density at radius 2 is 1.28 bits per heavy atom. The van der Waals surface area contributed by atoms with Gasteiger partial charge in [-0.05, 0) is 27.7 Å². The van der Waals surface area contributed by atoms with Gasteiger partial charge in [0.05, 0.1) is 12.2 Å². The van der Waals surface area contributed by atoms with Gasteiger partial charge >= 0.3 is 0 Å². The molecular weight excluding hydrogens is 236 g/mol. The van der Waals surface area contributed by atoms with Gasteiger partial charge in [0.25, 0.3) is 0 Å². The number of hydrogen-bond donors (Lipinski definition) is 0. The van der Waals surface area contributed by atoms with Gasteiger partial charge in [0.1, 0.15) is 18.3 Å². The second kappa shape index (κ2) is 3.90. The highest BCUT2D eigenvalue weighted by atomic mass is 16.8. The van der Waals surface area contributed by atoms with E-state index in [0.717, 1.165) is 6.42 Å². The quantitative estimate of drug-likeness (QED) is 0.712. The molecule has 3 rings (SSSR count). The summed E-state index contributed by atoms with van der Waals surface area (Å²) in [6.45, 7) is 7.72. The zero-order valence-electron chi connectivity index (χ0n) is 11.6. The van der Waals surface area contributed by atoms with Crippen LogP contribution in [0.2, 0.25) is 0 Å². The van der Waals surface area contributed by atoms with Crippen LogP contribution in [0.4, 0.5) is 0 Å². The molecule has 2 saturated heterocycles. The number of hydrogen-bond acceptors (Lipinski definition) is 5. The maximum absolute atomic E-state index is 5.95. The van der Waals surface area contributed by atoms with Crippen LogP contribution in [0.3, 0.4) is 0 Å². The van der Waals surface area contributed by atoms with Gasteiger partial charge in [-0.3, -0.25) is 0 Å². The lowest BCUT2D eigenvalue weighted by Gasteiger charge is -2.36. The van der Waals surface area contributed by atoms with Crippen molar-refractivity contribution in [2.75, 3.05) is 7.11 Å². The van der Waals surface area contributed by atoms with Gasteiger partial charge in [-0.15, -0.1) is 0 Å². The summed E-state index contributed by atoms with van der Waals surface area (Å²) in [7, 11) is 1.69. The zero-order chi connectivity index (χ0) is 13.1. The summed E-state index contributed by atoms with van der Waals surface area (Å²) in [6.07, 6.45) is 0.527. The van der Waals surface area contributed by atoms with E-state index in [2.05, 4.69) is 0 Å². The first-order valence-electron chi connectivity index (χ1n) is 6.55. The lowest BCUT2D eigenvalue weighted by molar-refractivity contribution is -0.183. The third-order valence-corrected chi connectivity index (χ3v) is 3.83. The number of methoxy groups -OCH3 is 1. The van der Waals surface area contributed by atoms with E-state index < -0.39 is 11.6 Å². The number of ether oxygens (including phenoxy) is 5. The summed E-state index contributed by atoms with van der Waals surface area (Å²) < 4.78 is 29.3. The SMILES string of the molecule is CO[C@@H]1[C@H]2OC(C)(C)O[C@@H]2C[C@@H]2OC(C)(C)O[C@@H]12. The molecule has 2 heterocycles. The van der Waals surface area contributed by atoms with Gasteiger partial charge < -0.3 is 23.7 Å². The van der Waals surface area contributed by atoms with Crippen molar-refractivity contribution in [1.82, 2.24) is 0 Å². The van der Waals surface area contributed by atoms with Crippen molar-refractivity contribution in [3.8, 4) is 0 Å². The first kappa shape index (κ1) is 12.8. The normalized spacial score (nSPS) is 48.8. The molecule has 104 valence electrons. The highest BCUT2D eigenvalue weighted by Gasteiger charge is 2.58. The van der Waals surface area contributed by atoms with E-state index in [1.54, 1.807) is 7.11 Å². The minimum atomic E-state index is -0.555. The van der Waals surface area contributed by atoms with E-state index in [1.165, 1.54) is 0 Å². The fourth-order valence-electron chi connectivity index (χ4n) is 3.33. The molecule has 0 amide bonds. The Hall–Kier alpha value is -0.200. The Balaban J connectivity index is 1.84. The van der Waals surface area contributed by atoms with Crippen LogP contribution in [-0.4, -0.2) is 49.2 Å². The molecule has 1 aliphatic carbocycles. The molecule has 0 N–H and O–H groups in total. The molecule has 18 heavy (non-hydrogen) atoms. The lowest BCUT2D eigenvalue weighted by atomic mass is 9.87. The predicted molar refractivity (Wildman–Crippen MR) is 63.1 cm³/mol. The Morgan fingerprint density at radius 3 is 1.67 bits per heavy atom. The third-order valence-electron chi connectivity index (χ3n) is 3.83. The van der Waals surface area contributed by atoms with Crippen molar-refractivity contribution in [3.05, 3.63) is 0 Å². The summed E-state index contributed by atoms with van der Waals surface area (Å²) >= 11 is 0. The van der Waals surface area contributed by atoms with E-state index in [4.69, 9.17) is 23.7 Å². The molecule has 0 spiro atoms. The molecule has 0 radical (unpaired) electrons. The Bertz CT molecular complexity index is 310. The highest BCUT2D eigenvalue weighted by molar-refractivity contribution is 5.03. The van der Waals surface area contributed by atoms with Gasteiger partial charge in [-0.2, -0.15) is 0 Å². The second-order valence-corrected chi connectivity index (χ2v) is 6.21. The van der Waals surface area contributed by atoms with Crippen LogP contribution < -0.4 is 0 Å². The smallest absolute Gasteiger partial charge is 0.163 e. The summed E-state index contributed by atoms with van der Waals surface area (Å²) in [6, 6.07) is 0. The molecule has 0 aromatic rings. The highest BCUT2D eigenvalue weighted by Crippen LogP contribution is 2.44. The molecule has 3 fully saturated rings. The van der Waals surface area contributed by atoms with Crippen LogP contribution in [0.1, 0.15) is 34.1 Å². The van der Waals surface area contributed by atoms with Gasteiger partial charge in [0, 0.05) is 13.5 Å². The van der Waals surface area contributed by atoms with Crippen molar-refractivity contribution >= 4 is 0 Å². The summed E-state index contributed by atoms with van der Waals surface area (Å²) in [4.78, 5) is 0. The van der Waals surface area contributed by atoms with Crippen LogP contribution in [0.25, 0.3) is 0 Å². The van der Waals surface area contributed by atoms with E-state index in [9.17, 15) is 0 Å². The molecule has 0 bridgehead atoms. The van der Waals surface area contributed by atoms with Crippen molar-refractivity contribution in [2.45, 2.75) is 76.2 Å². The van der Waals surface area contributed by atoms with Crippen LogP contribution in [0.15, 0.2) is 0 Å². The van der Waals surface area contributed by atoms with Crippen molar-refractivity contribution in [1.29, 1.82) is 0 Å². The van der Waals surface area contributed by atoms with Crippen LogP contribution in [0, 0.1) is 0 Å². The van der Waals surface area contributed by atoms with Gasteiger partial charge in [-0.1, -0.05) is 0 Å². The largest absolute Gasteiger partial charge is 0.376 e. The van der Waals surface area contributed by atoms with Gasteiger partial charge in [0.15, 0.2) is 11.6 Å². The van der Waals surface area contributed by atoms with E-state index in [-0.39, 0.29) is 30.5 Å². The van der Waals surface area contributed by atoms with E-state index >= 15 is 0 Å². The molecular formula is C13H22O5. The molecule has 5 nitrogen and oxygen atoms in total. The predicted octanol–water partition coefficient (Wildman–Crippen LogP) is 1.45. The minimum absolute atomic E-state index is 0.0173. The van der Waals surface area contributed by atoms with Gasteiger partial charge in [0.2, 0.25) is 0 Å². The first-order chi connectivity index (χ1) is 8.31. The molecule has 0 unspecified atom stereocenters. The fourth-order valence-corrected chi connectivity index (χ4v) is 3.33. The maximum Gasteiger partial charge on any atom is 0.163 e. The lowest BCUT2D eigenvalue weighted by Crippen LogP contribution is -2.54. The average molecular weight is 258 g/mol. The standard InChI is InChI=1S/C13H22O5/c1-12(2)15-7-6-8-10(18-13(3,4)16-8)11(14-5)9(7)17-12/h7-11H,6H2,1-5H3/t7-,8+,9+,10-,11-. The average Bonchev–Trinajstić information content (AvgIpc) is 2.67. The molecule has 5 atom stereocenters. The molecule has 2 aliphatic heterocycles. The Morgan fingerprint density at radius 1 is 0.833 bits per heavy atom. The number of rotatable bonds is 1. The third kappa shape index (κ3) is 1.98. The number of fused-ring (bicyclic) bond motifs is 2. The van der Waals surface area contributed by atoms with Crippen molar-refractivity contribution in [3.63, 3.8) is 0 Å². The van der Waals surface area contributed by atoms with Crippen LogP contribution >= 0.6 is 0 Å². The Labute approximate surface area is 108 Å². The van der Waals surface area contributed by atoms with Gasteiger partial charge in [-0.25, -0.2) is 0 Å². The second-order valence-electron chi connectivity index (χ2n) is 6.21. The minimum Gasteiger partial charge on any atom is -0.376 e. The topological polar surface area (TPSA) is 46.2 Å². The van der Waals surface area contributed by atoms with Crippen molar-refractivity contribution in [2.24, 2.45) is 0 Å². The van der Waals surface area contributed by atoms with E-state index in [1.807, 2.05) is 27.7 Å². The zero-order valence-corrected chi connectivity index (χ0v) is 11.6. The molecule has 3 aliphatic rings. The summed E-state index contributed by atoms with van der Waals surface area (Å²) in [5.41, 5.74) is 0. The molecule has 5 heteroatoms. The van der Waals surface area contributed by atoms with E-state index in [0.29, 0.717) is 0 Å². The van der Waals surface area contributed by atoms with Crippen molar-refractivity contribution < 1.29 is 23.7 Å². The maximum atomic E-state index is 5.95. The summed E-state index contributed by atoms with van der Waals surface area (Å²) in [5.74, 6) is -1.11. The first-order valence-corrected chi connectivity index (χ1v) is 6.55. The van der Waals surface area contributed by atoms with Crippen LogP contribution in [0.5, 0.6) is 0 Å². The molecule has 0 aromatic carbocycles. The summed E-state index contributed by atoms with van der Waals surface area (Å²) in [5, 5.41) is 0. The molecule has 1 saturated carbocycles. The molecule has 0 aromatic heterocycles. The Kier molecular flexibility index (Phi) is 2.78.